The number of carbonyl (C=O) groups excluding carboxylic acids is 3. The lowest BCUT2D eigenvalue weighted by Crippen LogP contribution is -2.33. The van der Waals surface area contributed by atoms with Crippen LogP contribution in [0, 0.1) is 0 Å². The molecule has 0 radical (unpaired) electrons. The molecule has 0 atom stereocenters. The Kier molecular flexibility index (Phi) is 29.8. The highest BCUT2D eigenvalue weighted by Crippen LogP contribution is 2.02. The van der Waals surface area contributed by atoms with Gasteiger partial charge in [0.25, 0.3) is 11.8 Å². The van der Waals surface area contributed by atoms with E-state index in [1.54, 1.807) is 0 Å². The maximum absolute atomic E-state index is 11.4. The molecule has 0 bridgehead atoms. The number of carbonyl (C=O) groups is 4. The number of imide groups is 1. The third-order valence-electron chi connectivity index (χ3n) is 5.74. The second-order valence-corrected chi connectivity index (χ2v) is 9.52. The minimum atomic E-state index is -1.13. The second-order valence-electron chi connectivity index (χ2n) is 9.52. The molecule has 0 aromatic carbocycles. The number of amides is 3. The molecule has 18 nitrogen and oxygen atoms in total. The zero-order valence-electron chi connectivity index (χ0n) is 27.6. The zero-order valence-corrected chi connectivity index (χ0v) is 27.6. The lowest BCUT2D eigenvalue weighted by Gasteiger charge is -2.13. The van der Waals surface area contributed by atoms with E-state index >= 15 is 0 Å². The van der Waals surface area contributed by atoms with Gasteiger partial charge in [-0.15, -0.1) is 0 Å². The van der Waals surface area contributed by atoms with Crippen molar-refractivity contribution in [3.8, 4) is 0 Å². The predicted molar refractivity (Wildman–Crippen MR) is 166 cm³/mol. The summed E-state index contributed by atoms with van der Waals surface area (Å²) < 4.78 is 58.7. The van der Waals surface area contributed by atoms with Crippen LogP contribution in [0.3, 0.4) is 0 Å². The van der Waals surface area contributed by atoms with E-state index in [0.29, 0.717) is 132 Å². The van der Waals surface area contributed by atoms with E-state index in [9.17, 15) is 19.2 Å². The molecule has 0 aliphatic carbocycles. The van der Waals surface area contributed by atoms with Gasteiger partial charge in [-0.1, -0.05) is 0 Å². The van der Waals surface area contributed by atoms with Gasteiger partial charge >= 0.3 is 5.97 Å². The summed E-state index contributed by atoms with van der Waals surface area (Å²) >= 11 is 0. The summed E-state index contributed by atoms with van der Waals surface area (Å²) in [5.74, 6) is -2.16. The second kappa shape index (κ2) is 32.9. The Hall–Kier alpha value is -2.62. The van der Waals surface area contributed by atoms with Crippen molar-refractivity contribution in [2.45, 2.75) is 0 Å². The van der Waals surface area contributed by atoms with Crippen LogP contribution in [0.1, 0.15) is 0 Å². The van der Waals surface area contributed by atoms with E-state index in [1.165, 1.54) is 12.2 Å². The van der Waals surface area contributed by atoms with Gasteiger partial charge in [0, 0.05) is 18.7 Å². The Morgan fingerprint density at radius 3 is 1.12 bits per heavy atom. The van der Waals surface area contributed by atoms with Gasteiger partial charge < -0.3 is 62.5 Å². The van der Waals surface area contributed by atoms with Crippen LogP contribution in [0.25, 0.3) is 0 Å². The van der Waals surface area contributed by atoms with Crippen molar-refractivity contribution in [1.82, 2.24) is 10.2 Å². The van der Waals surface area contributed by atoms with E-state index in [-0.39, 0.29) is 31.6 Å². The molecule has 0 spiro atoms. The van der Waals surface area contributed by atoms with Crippen LogP contribution in [-0.4, -0.2) is 192 Å². The van der Waals surface area contributed by atoms with Crippen molar-refractivity contribution >= 4 is 23.7 Å². The maximum atomic E-state index is 11.4. The standard InChI is InChI=1S/C30H52N2O16/c33-27(25-48-26-30(36)37)31-3-5-38-7-9-40-11-13-42-15-17-44-19-21-46-23-24-47-22-20-45-18-16-43-14-12-41-10-8-39-6-4-32-28(34)1-2-29(32)35/h1-2H,3-26H2,(H,31,33)(H,36,37). The van der Waals surface area contributed by atoms with Crippen LogP contribution in [0.5, 0.6) is 0 Å². The molecule has 48 heavy (non-hydrogen) atoms. The summed E-state index contributed by atoms with van der Waals surface area (Å²) in [6.07, 6.45) is 2.49. The van der Waals surface area contributed by atoms with E-state index in [0.717, 1.165) is 4.90 Å². The third kappa shape index (κ3) is 28.4. The molecule has 2 N–H and O–H groups in total. The van der Waals surface area contributed by atoms with Crippen LogP contribution >= 0.6 is 0 Å². The lowest BCUT2D eigenvalue weighted by atomic mass is 10.5. The van der Waals surface area contributed by atoms with Crippen LogP contribution in [0.2, 0.25) is 0 Å². The van der Waals surface area contributed by atoms with Crippen LogP contribution in [0.4, 0.5) is 0 Å². The number of ether oxygens (including phenoxy) is 11. The highest BCUT2D eigenvalue weighted by Gasteiger charge is 2.22. The summed E-state index contributed by atoms with van der Waals surface area (Å²) in [5, 5.41) is 11.0. The Bertz CT molecular complexity index is 845. The highest BCUT2D eigenvalue weighted by atomic mass is 16.6. The largest absolute Gasteiger partial charge is 0.480 e. The minimum absolute atomic E-state index is 0.230. The smallest absolute Gasteiger partial charge is 0.329 e. The molecule has 0 saturated heterocycles. The molecule has 1 aliphatic rings. The van der Waals surface area contributed by atoms with Crippen molar-refractivity contribution in [3.63, 3.8) is 0 Å². The van der Waals surface area contributed by atoms with Gasteiger partial charge in [-0.25, -0.2) is 4.79 Å². The molecule has 0 aromatic rings. The molecule has 0 fully saturated rings. The normalized spacial score (nSPS) is 12.8. The molecule has 278 valence electrons. The van der Waals surface area contributed by atoms with Crippen molar-refractivity contribution in [2.75, 3.05) is 158 Å². The van der Waals surface area contributed by atoms with E-state index in [2.05, 4.69) is 10.1 Å². The molecule has 3 amide bonds. The number of rotatable bonds is 37. The fourth-order valence-electron chi connectivity index (χ4n) is 3.43. The van der Waals surface area contributed by atoms with Crippen LogP contribution in [0.15, 0.2) is 12.2 Å². The van der Waals surface area contributed by atoms with Gasteiger partial charge in [0.2, 0.25) is 5.91 Å². The average molecular weight is 697 g/mol. The fourth-order valence-corrected chi connectivity index (χ4v) is 3.43. The predicted octanol–water partition coefficient (Wildman–Crippen LogP) is -1.71. The maximum Gasteiger partial charge on any atom is 0.329 e. The lowest BCUT2D eigenvalue weighted by molar-refractivity contribution is -0.144. The SMILES string of the molecule is O=C(O)COCC(=O)NCCOCCOCCOCCOCCOCCOCCOCCOCCOCCOCCN1C(=O)C=CC1=O. The first-order chi connectivity index (χ1) is 23.5. The summed E-state index contributed by atoms with van der Waals surface area (Å²) in [7, 11) is 0. The number of aliphatic carboxylic acids is 1. The van der Waals surface area contributed by atoms with Gasteiger partial charge in [-0.3, -0.25) is 19.3 Å². The van der Waals surface area contributed by atoms with E-state index in [4.69, 9.17) is 52.5 Å². The molecule has 1 heterocycles. The molecule has 18 heteroatoms. The monoisotopic (exact) mass is 696 g/mol. The van der Waals surface area contributed by atoms with Crippen LogP contribution < -0.4 is 5.32 Å². The van der Waals surface area contributed by atoms with Crippen molar-refractivity contribution in [2.24, 2.45) is 0 Å². The first-order valence-corrected chi connectivity index (χ1v) is 15.9. The summed E-state index contributed by atoms with van der Waals surface area (Å²) in [5.41, 5.74) is 0. The quantitative estimate of drug-likeness (QED) is 0.0548. The molecule has 0 saturated carbocycles. The first-order valence-electron chi connectivity index (χ1n) is 15.9. The van der Waals surface area contributed by atoms with E-state index in [1.807, 2.05) is 0 Å². The summed E-state index contributed by atoms with van der Waals surface area (Å²) in [6, 6.07) is 0. The molecule has 1 rings (SSSR count). The van der Waals surface area contributed by atoms with Crippen LogP contribution in [-0.2, 0) is 71.3 Å². The van der Waals surface area contributed by atoms with Gasteiger partial charge in [0.05, 0.1) is 139 Å². The molecular weight excluding hydrogens is 644 g/mol. The first kappa shape index (κ1) is 43.4. The van der Waals surface area contributed by atoms with Crippen molar-refractivity contribution in [3.05, 3.63) is 12.2 Å². The van der Waals surface area contributed by atoms with Gasteiger partial charge in [-0.2, -0.15) is 0 Å². The Morgan fingerprint density at radius 1 is 0.479 bits per heavy atom. The number of nitrogens with one attached hydrogen (secondary N) is 1. The average Bonchev–Trinajstić information content (AvgIpc) is 3.39. The summed E-state index contributed by atoms with van der Waals surface area (Å²) in [6.45, 7) is 8.09. The summed E-state index contributed by atoms with van der Waals surface area (Å²) in [4.78, 5) is 45.6. The number of hydrogen-bond donors (Lipinski definition) is 2. The zero-order chi connectivity index (χ0) is 34.8. The number of carboxylic acids is 1. The van der Waals surface area contributed by atoms with Gasteiger partial charge in [-0.05, 0) is 0 Å². The van der Waals surface area contributed by atoms with Crippen molar-refractivity contribution in [1.29, 1.82) is 0 Å². The van der Waals surface area contributed by atoms with Gasteiger partial charge in [0.1, 0.15) is 13.2 Å². The Balaban J connectivity index is 1.64. The number of nitrogens with zero attached hydrogens (tertiary/aromatic N) is 1. The van der Waals surface area contributed by atoms with Crippen molar-refractivity contribution < 1.29 is 76.4 Å². The topological polar surface area (TPSA) is 205 Å². The molecule has 1 aliphatic heterocycles. The number of hydrogen-bond acceptors (Lipinski definition) is 15. The van der Waals surface area contributed by atoms with Gasteiger partial charge in [0.15, 0.2) is 0 Å². The Labute approximate surface area is 281 Å². The van der Waals surface area contributed by atoms with E-state index < -0.39 is 18.5 Å². The molecule has 0 unspecified atom stereocenters. The minimum Gasteiger partial charge on any atom is -0.480 e. The molecular formula is C30H52N2O16. The molecule has 0 aromatic heterocycles. The fraction of sp³-hybridized carbons (Fsp3) is 0.800. The third-order valence-corrected chi connectivity index (χ3v) is 5.74. The highest BCUT2D eigenvalue weighted by molar-refractivity contribution is 6.12. The Morgan fingerprint density at radius 2 is 0.792 bits per heavy atom. The number of carboxylic acid groups (broad SMARTS) is 1.